The first-order valence-corrected chi connectivity index (χ1v) is 6.88. The normalized spacial score (nSPS) is 51.9. The second kappa shape index (κ2) is 6.82. The van der Waals surface area contributed by atoms with Crippen LogP contribution in [-0.4, -0.2) is 93.8 Å². The summed E-state index contributed by atoms with van der Waals surface area (Å²) < 4.78 is 16.0. The number of rotatable bonds is 3. The molecular formula is C12H23NO8. The molecule has 7 N–H and O–H groups in total. The van der Waals surface area contributed by atoms with E-state index in [1.807, 2.05) is 0 Å². The lowest BCUT2D eigenvalue weighted by Gasteiger charge is -2.44. The summed E-state index contributed by atoms with van der Waals surface area (Å²) in [6.07, 6.45) is -8.86. The van der Waals surface area contributed by atoms with E-state index in [1.165, 1.54) is 0 Å². The van der Waals surface area contributed by atoms with Crippen LogP contribution in [0.15, 0.2) is 0 Å². The number of hydrogen-bond donors (Lipinski definition) is 6. The molecule has 9 heteroatoms. The molecule has 0 aromatic rings. The molecule has 2 aliphatic heterocycles. The van der Waals surface area contributed by atoms with E-state index < -0.39 is 61.7 Å². The maximum Gasteiger partial charge on any atom is 0.186 e. The molecule has 2 heterocycles. The first kappa shape index (κ1) is 17.0. The van der Waals surface area contributed by atoms with Gasteiger partial charge in [0.05, 0.1) is 25.4 Å². The SMILES string of the molecule is CC1OC(CO)C(OC2OCC(O)C(O)C2O)C(O)C1N. The molecule has 9 nitrogen and oxygen atoms in total. The van der Waals surface area contributed by atoms with Gasteiger partial charge in [-0.3, -0.25) is 0 Å². The van der Waals surface area contributed by atoms with Gasteiger partial charge in [-0.15, -0.1) is 0 Å². The second-order valence-electron chi connectivity index (χ2n) is 5.48. The summed E-state index contributed by atoms with van der Waals surface area (Å²) in [7, 11) is 0. The van der Waals surface area contributed by atoms with Gasteiger partial charge in [-0.05, 0) is 6.92 Å². The molecule has 21 heavy (non-hydrogen) atoms. The molecular weight excluding hydrogens is 286 g/mol. The minimum atomic E-state index is -1.49. The van der Waals surface area contributed by atoms with Crippen molar-refractivity contribution in [1.82, 2.24) is 0 Å². The van der Waals surface area contributed by atoms with Gasteiger partial charge < -0.3 is 45.5 Å². The Morgan fingerprint density at radius 2 is 1.81 bits per heavy atom. The van der Waals surface area contributed by atoms with E-state index in [9.17, 15) is 25.5 Å². The molecule has 0 spiro atoms. The minimum absolute atomic E-state index is 0.223. The van der Waals surface area contributed by atoms with E-state index >= 15 is 0 Å². The van der Waals surface area contributed by atoms with E-state index in [0.29, 0.717) is 0 Å². The third kappa shape index (κ3) is 3.36. The molecule has 0 aromatic heterocycles. The van der Waals surface area contributed by atoms with Crippen LogP contribution in [0.2, 0.25) is 0 Å². The quantitative estimate of drug-likeness (QED) is 0.309. The number of ether oxygens (including phenoxy) is 3. The molecule has 2 fully saturated rings. The van der Waals surface area contributed by atoms with Gasteiger partial charge in [0.1, 0.15) is 36.6 Å². The third-order valence-electron chi connectivity index (χ3n) is 3.95. The van der Waals surface area contributed by atoms with Gasteiger partial charge in [-0.2, -0.15) is 0 Å². The fourth-order valence-corrected chi connectivity index (χ4v) is 2.53. The molecule has 9 unspecified atom stereocenters. The van der Waals surface area contributed by atoms with E-state index in [1.54, 1.807) is 6.92 Å². The zero-order valence-electron chi connectivity index (χ0n) is 11.6. The van der Waals surface area contributed by atoms with E-state index in [4.69, 9.17) is 19.9 Å². The number of aliphatic hydroxyl groups excluding tert-OH is 5. The molecule has 2 saturated heterocycles. The van der Waals surface area contributed by atoms with Crippen molar-refractivity contribution < 1.29 is 39.7 Å². The average Bonchev–Trinajstić information content (AvgIpc) is 2.47. The van der Waals surface area contributed by atoms with Gasteiger partial charge in [0.15, 0.2) is 6.29 Å². The van der Waals surface area contributed by atoms with Crippen LogP contribution in [0.25, 0.3) is 0 Å². The summed E-state index contributed by atoms with van der Waals surface area (Å²) in [6.45, 7) is 1.03. The molecule has 0 aromatic carbocycles. The van der Waals surface area contributed by atoms with Crippen molar-refractivity contribution in [3.8, 4) is 0 Å². The maximum atomic E-state index is 10.2. The van der Waals surface area contributed by atoms with E-state index in [2.05, 4.69) is 0 Å². The van der Waals surface area contributed by atoms with Crippen LogP contribution >= 0.6 is 0 Å². The molecule has 9 atom stereocenters. The van der Waals surface area contributed by atoms with Crippen molar-refractivity contribution in [2.75, 3.05) is 13.2 Å². The highest BCUT2D eigenvalue weighted by molar-refractivity contribution is 4.95. The Labute approximate surface area is 121 Å². The van der Waals surface area contributed by atoms with E-state index in [0.717, 1.165) is 0 Å². The van der Waals surface area contributed by atoms with Gasteiger partial charge in [-0.25, -0.2) is 0 Å². The fourth-order valence-electron chi connectivity index (χ4n) is 2.53. The molecule has 0 aliphatic carbocycles. The standard InChI is InChI=1S/C12H23NO8/c1-4-7(13)9(17)11(6(2-14)20-4)21-12-10(18)8(16)5(15)3-19-12/h4-12,14-18H,2-3,13H2,1H3. The van der Waals surface area contributed by atoms with Crippen LogP contribution < -0.4 is 5.73 Å². The lowest BCUT2D eigenvalue weighted by atomic mass is 9.94. The lowest BCUT2D eigenvalue weighted by Crippen LogP contribution is -2.64. The van der Waals surface area contributed by atoms with Gasteiger partial charge in [0, 0.05) is 0 Å². The van der Waals surface area contributed by atoms with Crippen molar-refractivity contribution in [1.29, 1.82) is 0 Å². The Morgan fingerprint density at radius 3 is 2.43 bits per heavy atom. The van der Waals surface area contributed by atoms with Crippen LogP contribution in [0, 0.1) is 0 Å². The molecule has 2 aliphatic rings. The van der Waals surface area contributed by atoms with Gasteiger partial charge >= 0.3 is 0 Å². The monoisotopic (exact) mass is 309 g/mol. The highest BCUT2D eigenvalue weighted by atomic mass is 16.7. The predicted octanol–water partition coefficient (Wildman–Crippen LogP) is -3.72. The van der Waals surface area contributed by atoms with Crippen molar-refractivity contribution in [3.63, 3.8) is 0 Å². The summed E-state index contributed by atoms with van der Waals surface area (Å²) in [5.74, 6) is 0. The number of hydrogen-bond acceptors (Lipinski definition) is 9. The summed E-state index contributed by atoms with van der Waals surface area (Å²) in [6, 6.07) is -0.728. The largest absolute Gasteiger partial charge is 0.394 e. The summed E-state index contributed by atoms with van der Waals surface area (Å²) >= 11 is 0. The van der Waals surface area contributed by atoms with Crippen LogP contribution in [0.5, 0.6) is 0 Å². The zero-order valence-corrected chi connectivity index (χ0v) is 11.6. The van der Waals surface area contributed by atoms with E-state index in [-0.39, 0.29) is 6.61 Å². The smallest absolute Gasteiger partial charge is 0.186 e. The van der Waals surface area contributed by atoms with Gasteiger partial charge in [0.2, 0.25) is 0 Å². The lowest BCUT2D eigenvalue weighted by molar-refractivity contribution is -0.314. The van der Waals surface area contributed by atoms with Gasteiger partial charge in [-0.1, -0.05) is 0 Å². The fraction of sp³-hybridized carbons (Fsp3) is 1.00. The van der Waals surface area contributed by atoms with Crippen LogP contribution in [0.3, 0.4) is 0 Å². The van der Waals surface area contributed by atoms with Crippen LogP contribution in [-0.2, 0) is 14.2 Å². The Hall–Kier alpha value is -0.360. The summed E-state index contributed by atoms with van der Waals surface area (Å²) in [5.41, 5.74) is 5.79. The van der Waals surface area contributed by atoms with Crippen LogP contribution in [0.1, 0.15) is 6.92 Å². The Bertz CT molecular complexity index is 343. The van der Waals surface area contributed by atoms with Crippen LogP contribution in [0.4, 0.5) is 0 Å². The third-order valence-corrected chi connectivity index (χ3v) is 3.95. The summed E-state index contributed by atoms with van der Waals surface area (Å²) in [5, 5.41) is 48.3. The van der Waals surface area contributed by atoms with Crippen molar-refractivity contribution in [2.24, 2.45) is 5.73 Å². The number of nitrogens with two attached hydrogens (primary N) is 1. The Kier molecular flexibility index (Phi) is 5.52. The van der Waals surface area contributed by atoms with Crippen molar-refractivity contribution in [2.45, 2.75) is 62.0 Å². The molecule has 0 amide bonds. The zero-order chi connectivity index (χ0) is 15.7. The average molecular weight is 309 g/mol. The topological polar surface area (TPSA) is 155 Å². The maximum absolute atomic E-state index is 10.2. The molecule has 0 saturated carbocycles. The first-order valence-electron chi connectivity index (χ1n) is 6.88. The first-order chi connectivity index (χ1) is 9.86. The second-order valence-corrected chi connectivity index (χ2v) is 5.48. The highest BCUT2D eigenvalue weighted by Gasteiger charge is 2.46. The van der Waals surface area contributed by atoms with Gasteiger partial charge in [0.25, 0.3) is 0 Å². The molecule has 0 bridgehead atoms. The summed E-state index contributed by atoms with van der Waals surface area (Å²) in [4.78, 5) is 0. The highest BCUT2D eigenvalue weighted by Crippen LogP contribution is 2.26. The molecule has 0 radical (unpaired) electrons. The minimum Gasteiger partial charge on any atom is -0.394 e. The number of aliphatic hydroxyl groups is 5. The Morgan fingerprint density at radius 1 is 1.14 bits per heavy atom. The van der Waals surface area contributed by atoms with Crippen molar-refractivity contribution in [3.05, 3.63) is 0 Å². The molecule has 2 rings (SSSR count). The Balaban J connectivity index is 2.05. The predicted molar refractivity (Wildman–Crippen MR) is 68.0 cm³/mol. The molecule has 124 valence electrons. The van der Waals surface area contributed by atoms with Crippen molar-refractivity contribution >= 4 is 0 Å².